The van der Waals surface area contributed by atoms with Crippen LogP contribution < -0.4 is 10.6 Å². The molecule has 0 aromatic heterocycles. The predicted molar refractivity (Wildman–Crippen MR) is 110 cm³/mol. The molecule has 1 saturated heterocycles. The van der Waals surface area contributed by atoms with Gasteiger partial charge in [-0.2, -0.15) is 0 Å². The lowest BCUT2D eigenvalue weighted by atomic mass is 10.0. The van der Waals surface area contributed by atoms with E-state index in [4.69, 9.17) is 0 Å². The van der Waals surface area contributed by atoms with Gasteiger partial charge in [-0.15, -0.1) is 12.4 Å². The van der Waals surface area contributed by atoms with Crippen LogP contribution in [-0.2, 0) is 16.0 Å². The Kier molecular flexibility index (Phi) is 8.58. The van der Waals surface area contributed by atoms with Crippen molar-refractivity contribution in [3.05, 3.63) is 35.4 Å². The lowest BCUT2D eigenvalue weighted by Crippen LogP contribution is -2.48. The molecular weight excluding hydrogens is 362 g/mol. The van der Waals surface area contributed by atoms with Gasteiger partial charge in [0.25, 0.3) is 0 Å². The molecule has 0 unspecified atom stereocenters. The topological polar surface area (TPSA) is 61.4 Å². The Hall–Kier alpha value is -1.59. The molecule has 150 valence electrons. The van der Waals surface area contributed by atoms with Crippen LogP contribution in [0.15, 0.2) is 24.3 Å². The number of amides is 2. The van der Waals surface area contributed by atoms with Crippen molar-refractivity contribution in [1.82, 2.24) is 15.5 Å². The fourth-order valence-corrected chi connectivity index (χ4v) is 3.38. The first kappa shape index (κ1) is 21.7. The third-order valence-corrected chi connectivity index (χ3v) is 5.44. The monoisotopic (exact) mass is 393 g/mol. The van der Waals surface area contributed by atoms with Crippen molar-refractivity contribution in [2.24, 2.45) is 5.92 Å². The third kappa shape index (κ3) is 7.51. The molecule has 0 spiro atoms. The zero-order chi connectivity index (χ0) is 18.4. The standard InChI is InChI=1S/C21H31N3O2.ClH/c1-16-2-4-17(5-3-16)8-9-20(25)23-15-21(26)24-12-10-19(11-13-24)22-14-18-6-7-18;/h2-5,18-19,22H,6-15H2,1H3,(H,23,25);1H. The molecule has 2 aliphatic rings. The van der Waals surface area contributed by atoms with Crippen LogP contribution in [0.1, 0.15) is 43.2 Å². The van der Waals surface area contributed by atoms with Gasteiger partial charge in [0.2, 0.25) is 11.8 Å². The number of hydrogen-bond donors (Lipinski definition) is 2. The number of rotatable bonds is 8. The van der Waals surface area contributed by atoms with E-state index in [0.29, 0.717) is 18.9 Å². The molecule has 0 bridgehead atoms. The summed E-state index contributed by atoms with van der Waals surface area (Å²) in [5.41, 5.74) is 2.37. The summed E-state index contributed by atoms with van der Waals surface area (Å²) in [7, 11) is 0. The highest BCUT2D eigenvalue weighted by Crippen LogP contribution is 2.28. The van der Waals surface area contributed by atoms with Gasteiger partial charge in [-0.25, -0.2) is 0 Å². The maximum Gasteiger partial charge on any atom is 0.241 e. The van der Waals surface area contributed by atoms with Crippen molar-refractivity contribution >= 4 is 24.2 Å². The summed E-state index contributed by atoms with van der Waals surface area (Å²) in [6, 6.07) is 8.76. The first-order chi connectivity index (χ1) is 12.6. The van der Waals surface area contributed by atoms with Crippen molar-refractivity contribution in [2.75, 3.05) is 26.2 Å². The summed E-state index contributed by atoms with van der Waals surface area (Å²) in [5.74, 6) is 0.874. The number of halogens is 1. The second-order valence-electron chi connectivity index (χ2n) is 7.77. The molecule has 1 aliphatic heterocycles. The minimum Gasteiger partial charge on any atom is -0.347 e. The van der Waals surface area contributed by atoms with Crippen LogP contribution in [0.25, 0.3) is 0 Å². The number of carbonyl (C=O) groups is 2. The molecule has 5 nitrogen and oxygen atoms in total. The maximum atomic E-state index is 12.3. The first-order valence-corrected chi connectivity index (χ1v) is 9.93. The highest BCUT2D eigenvalue weighted by atomic mass is 35.5. The van der Waals surface area contributed by atoms with Gasteiger partial charge in [0.05, 0.1) is 6.54 Å². The van der Waals surface area contributed by atoms with Gasteiger partial charge in [0.1, 0.15) is 0 Å². The first-order valence-electron chi connectivity index (χ1n) is 9.93. The van der Waals surface area contributed by atoms with Gasteiger partial charge in [-0.3, -0.25) is 9.59 Å². The molecule has 1 aliphatic carbocycles. The van der Waals surface area contributed by atoms with Crippen molar-refractivity contribution in [1.29, 1.82) is 0 Å². The highest BCUT2D eigenvalue weighted by molar-refractivity contribution is 5.85. The molecule has 0 atom stereocenters. The number of hydrogen-bond acceptors (Lipinski definition) is 3. The Morgan fingerprint density at radius 3 is 2.37 bits per heavy atom. The van der Waals surface area contributed by atoms with E-state index in [2.05, 4.69) is 34.9 Å². The van der Waals surface area contributed by atoms with E-state index < -0.39 is 0 Å². The van der Waals surface area contributed by atoms with Gasteiger partial charge in [-0.1, -0.05) is 29.8 Å². The van der Waals surface area contributed by atoms with E-state index in [9.17, 15) is 9.59 Å². The van der Waals surface area contributed by atoms with Crippen molar-refractivity contribution in [3.63, 3.8) is 0 Å². The van der Waals surface area contributed by atoms with Gasteiger partial charge in [0, 0.05) is 25.6 Å². The number of nitrogens with zero attached hydrogens (tertiary/aromatic N) is 1. The maximum absolute atomic E-state index is 12.3. The molecule has 2 fully saturated rings. The van der Waals surface area contributed by atoms with Crippen LogP contribution >= 0.6 is 12.4 Å². The number of aryl methyl sites for hydroxylation is 2. The number of nitrogens with one attached hydrogen (secondary N) is 2. The second-order valence-corrected chi connectivity index (χ2v) is 7.77. The Bertz CT molecular complexity index is 608. The Balaban J connectivity index is 0.00000261. The molecule has 1 saturated carbocycles. The molecule has 6 heteroatoms. The minimum absolute atomic E-state index is 0. The Morgan fingerprint density at radius 2 is 1.74 bits per heavy atom. The highest BCUT2D eigenvalue weighted by Gasteiger charge is 2.25. The van der Waals surface area contributed by atoms with Crippen molar-refractivity contribution in [2.45, 2.75) is 51.5 Å². The third-order valence-electron chi connectivity index (χ3n) is 5.44. The van der Waals surface area contributed by atoms with Crippen molar-refractivity contribution in [3.8, 4) is 0 Å². The Morgan fingerprint density at radius 1 is 1.07 bits per heavy atom. The van der Waals surface area contributed by atoms with Crippen LogP contribution in [0.2, 0.25) is 0 Å². The SMILES string of the molecule is Cc1ccc(CCC(=O)NCC(=O)N2CCC(NCC3CC3)CC2)cc1.Cl. The van der Waals surface area contributed by atoms with E-state index >= 15 is 0 Å². The summed E-state index contributed by atoms with van der Waals surface area (Å²) in [6.45, 7) is 4.89. The summed E-state index contributed by atoms with van der Waals surface area (Å²) in [4.78, 5) is 26.2. The van der Waals surface area contributed by atoms with Crippen LogP contribution in [0.3, 0.4) is 0 Å². The van der Waals surface area contributed by atoms with E-state index in [0.717, 1.165) is 44.0 Å². The average Bonchev–Trinajstić information content (AvgIpc) is 3.49. The van der Waals surface area contributed by atoms with E-state index in [1.54, 1.807) is 0 Å². The van der Waals surface area contributed by atoms with Crippen LogP contribution in [-0.4, -0.2) is 48.9 Å². The van der Waals surface area contributed by atoms with Gasteiger partial charge >= 0.3 is 0 Å². The molecule has 27 heavy (non-hydrogen) atoms. The Labute approximate surface area is 168 Å². The van der Waals surface area contributed by atoms with Crippen LogP contribution in [0.5, 0.6) is 0 Å². The summed E-state index contributed by atoms with van der Waals surface area (Å²) < 4.78 is 0. The fraction of sp³-hybridized carbons (Fsp3) is 0.619. The zero-order valence-corrected chi connectivity index (χ0v) is 17.0. The largest absolute Gasteiger partial charge is 0.347 e. The lowest BCUT2D eigenvalue weighted by Gasteiger charge is -2.32. The summed E-state index contributed by atoms with van der Waals surface area (Å²) in [6.07, 6.45) is 5.89. The van der Waals surface area contributed by atoms with Crippen molar-refractivity contribution < 1.29 is 9.59 Å². The molecule has 3 rings (SSSR count). The summed E-state index contributed by atoms with van der Waals surface area (Å²) >= 11 is 0. The second kappa shape index (κ2) is 10.7. The number of likely N-dealkylation sites (tertiary alicyclic amines) is 1. The molecule has 2 amide bonds. The van der Waals surface area contributed by atoms with Gasteiger partial charge in [0.15, 0.2) is 0 Å². The molecular formula is C21H32ClN3O2. The van der Waals surface area contributed by atoms with E-state index in [1.807, 2.05) is 11.8 Å². The van der Waals surface area contributed by atoms with E-state index in [-0.39, 0.29) is 30.8 Å². The molecule has 2 N–H and O–H groups in total. The van der Waals surface area contributed by atoms with E-state index in [1.165, 1.54) is 18.4 Å². The minimum atomic E-state index is -0.0556. The number of piperidine rings is 1. The van der Waals surface area contributed by atoms with Gasteiger partial charge < -0.3 is 15.5 Å². The summed E-state index contributed by atoms with van der Waals surface area (Å²) in [5, 5.41) is 6.40. The fourth-order valence-electron chi connectivity index (χ4n) is 3.38. The molecule has 0 radical (unpaired) electrons. The normalized spacial score (nSPS) is 17.3. The van der Waals surface area contributed by atoms with Crippen LogP contribution in [0, 0.1) is 12.8 Å². The average molecular weight is 394 g/mol. The number of benzene rings is 1. The van der Waals surface area contributed by atoms with Gasteiger partial charge in [-0.05, 0) is 57.1 Å². The molecule has 1 heterocycles. The lowest BCUT2D eigenvalue weighted by molar-refractivity contribution is -0.133. The predicted octanol–water partition coefficient (Wildman–Crippen LogP) is 2.46. The quantitative estimate of drug-likeness (QED) is 0.713. The smallest absolute Gasteiger partial charge is 0.241 e. The molecule has 1 aromatic rings. The zero-order valence-electron chi connectivity index (χ0n) is 16.2. The van der Waals surface area contributed by atoms with Crippen LogP contribution in [0.4, 0.5) is 0 Å². The number of carbonyl (C=O) groups excluding carboxylic acids is 2. The molecule has 1 aromatic carbocycles.